The smallest absolute Gasteiger partial charge is 0.335 e. The van der Waals surface area contributed by atoms with Gasteiger partial charge in [0.25, 0.3) is 0 Å². The van der Waals surface area contributed by atoms with Crippen LogP contribution in [0.1, 0.15) is 35.7 Å². The molecule has 18 heavy (non-hydrogen) atoms. The van der Waals surface area contributed by atoms with Crippen molar-refractivity contribution in [3.63, 3.8) is 0 Å². The van der Waals surface area contributed by atoms with Crippen molar-refractivity contribution in [3.8, 4) is 0 Å². The summed E-state index contributed by atoms with van der Waals surface area (Å²) >= 11 is 0. The fourth-order valence-electron chi connectivity index (χ4n) is 2.44. The minimum atomic E-state index is -3.13. The van der Waals surface area contributed by atoms with Gasteiger partial charge >= 0.3 is 5.97 Å². The molecule has 1 aromatic carbocycles. The van der Waals surface area contributed by atoms with Crippen LogP contribution in [-0.2, 0) is 15.3 Å². The van der Waals surface area contributed by atoms with Crippen molar-refractivity contribution in [2.75, 3.05) is 6.26 Å². The number of hydrogen-bond donors (Lipinski definition) is 1. The van der Waals surface area contributed by atoms with E-state index in [4.69, 9.17) is 5.11 Å². The van der Waals surface area contributed by atoms with E-state index in [-0.39, 0.29) is 11.0 Å². The molecular formula is C13H16O4S. The standard InChI is InChI=1S/C13H16O4S/c1-9(18(2,16)17)13(6-7-13)11-5-3-4-10(8-11)12(14)15/h3-5,8-9H,6-7H2,1-2H3,(H,14,15). The van der Waals surface area contributed by atoms with E-state index in [1.54, 1.807) is 19.1 Å². The Morgan fingerprint density at radius 1 is 1.39 bits per heavy atom. The summed E-state index contributed by atoms with van der Waals surface area (Å²) < 4.78 is 23.4. The number of rotatable bonds is 4. The molecule has 0 amide bonds. The second-order valence-corrected chi connectivity index (χ2v) is 7.38. The minimum Gasteiger partial charge on any atom is -0.478 e. The van der Waals surface area contributed by atoms with Crippen molar-refractivity contribution in [1.82, 2.24) is 0 Å². The molecule has 0 aromatic heterocycles. The first-order chi connectivity index (χ1) is 8.27. The predicted molar refractivity (Wildman–Crippen MR) is 68.6 cm³/mol. The Morgan fingerprint density at radius 3 is 2.44 bits per heavy atom. The fraction of sp³-hybridized carbons (Fsp3) is 0.462. The van der Waals surface area contributed by atoms with E-state index < -0.39 is 21.1 Å². The zero-order valence-electron chi connectivity index (χ0n) is 10.4. The molecule has 1 aromatic rings. The summed E-state index contributed by atoms with van der Waals surface area (Å²) in [5.41, 5.74) is 0.638. The lowest BCUT2D eigenvalue weighted by Crippen LogP contribution is -2.31. The Morgan fingerprint density at radius 2 is 2.00 bits per heavy atom. The molecule has 1 fully saturated rings. The zero-order chi connectivity index (χ0) is 13.6. The maximum atomic E-state index is 11.7. The van der Waals surface area contributed by atoms with Crippen LogP contribution in [0.3, 0.4) is 0 Å². The summed E-state index contributed by atoms with van der Waals surface area (Å²) in [5, 5.41) is 8.50. The van der Waals surface area contributed by atoms with Crippen LogP contribution in [0.25, 0.3) is 0 Å². The Bertz CT molecular complexity index is 585. The van der Waals surface area contributed by atoms with Crippen molar-refractivity contribution in [1.29, 1.82) is 0 Å². The Balaban J connectivity index is 2.43. The fourth-order valence-corrected chi connectivity index (χ4v) is 3.63. The highest BCUT2D eigenvalue weighted by Gasteiger charge is 2.52. The van der Waals surface area contributed by atoms with E-state index in [9.17, 15) is 13.2 Å². The van der Waals surface area contributed by atoms with E-state index in [2.05, 4.69) is 0 Å². The maximum absolute atomic E-state index is 11.7. The minimum absolute atomic E-state index is 0.208. The molecule has 4 nitrogen and oxygen atoms in total. The lowest BCUT2D eigenvalue weighted by atomic mass is 9.91. The number of hydrogen-bond acceptors (Lipinski definition) is 3. The number of benzene rings is 1. The molecule has 1 aliphatic rings. The number of carboxylic acids is 1. The summed E-state index contributed by atoms with van der Waals surface area (Å²) in [6, 6.07) is 6.61. The van der Waals surface area contributed by atoms with E-state index in [1.165, 1.54) is 12.3 Å². The first-order valence-corrected chi connectivity index (χ1v) is 7.75. The largest absolute Gasteiger partial charge is 0.478 e. The average molecular weight is 268 g/mol. The van der Waals surface area contributed by atoms with Gasteiger partial charge in [-0.2, -0.15) is 0 Å². The lowest BCUT2D eigenvalue weighted by molar-refractivity contribution is 0.0696. The number of sulfone groups is 1. The Hall–Kier alpha value is -1.36. The molecule has 1 N–H and O–H groups in total. The number of carbonyl (C=O) groups is 1. The van der Waals surface area contributed by atoms with Crippen LogP contribution < -0.4 is 0 Å². The van der Waals surface area contributed by atoms with Crippen molar-refractivity contribution < 1.29 is 18.3 Å². The molecule has 0 saturated heterocycles. The maximum Gasteiger partial charge on any atom is 0.335 e. The molecule has 1 atom stereocenters. The van der Waals surface area contributed by atoms with Crippen LogP contribution >= 0.6 is 0 Å². The van der Waals surface area contributed by atoms with Gasteiger partial charge in [0.15, 0.2) is 9.84 Å². The van der Waals surface area contributed by atoms with Crippen LogP contribution in [0.2, 0.25) is 0 Å². The van der Waals surface area contributed by atoms with Crippen LogP contribution in [0.4, 0.5) is 0 Å². The topological polar surface area (TPSA) is 71.4 Å². The van der Waals surface area contributed by atoms with Gasteiger partial charge in [-0.25, -0.2) is 13.2 Å². The van der Waals surface area contributed by atoms with Crippen molar-refractivity contribution in [2.45, 2.75) is 30.4 Å². The van der Waals surface area contributed by atoms with Crippen LogP contribution in [0, 0.1) is 0 Å². The average Bonchev–Trinajstić information content (AvgIpc) is 3.08. The van der Waals surface area contributed by atoms with Crippen molar-refractivity contribution >= 4 is 15.8 Å². The molecule has 0 spiro atoms. The van der Waals surface area contributed by atoms with Gasteiger partial charge in [0, 0.05) is 11.7 Å². The highest BCUT2D eigenvalue weighted by molar-refractivity contribution is 7.91. The number of carboxylic acid groups (broad SMARTS) is 1. The third-order valence-corrected chi connectivity index (χ3v) is 5.63. The first-order valence-electron chi connectivity index (χ1n) is 5.80. The summed E-state index contributed by atoms with van der Waals surface area (Å²) in [7, 11) is -3.13. The summed E-state index contributed by atoms with van der Waals surface area (Å²) in [6.07, 6.45) is 2.83. The molecule has 2 rings (SSSR count). The molecule has 0 aliphatic heterocycles. The molecule has 5 heteroatoms. The van der Waals surface area contributed by atoms with Crippen LogP contribution in [0.15, 0.2) is 24.3 Å². The van der Waals surface area contributed by atoms with Crippen LogP contribution in [-0.4, -0.2) is 31.0 Å². The van der Waals surface area contributed by atoms with E-state index in [1.807, 2.05) is 6.07 Å². The van der Waals surface area contributed by atoms with Gasteiger partial charge in [0.2, 0.25) is 0 Å². The SMILES string of the molecule is CC(C1(c2cccc(C(=O)O)c2)CC1)S(C)(=O)=O. The molecule has 1 saturated carbocycles. The van der Waals surface area contributed by atoms with Gasteiger partial charge in [-0.05, 0) is 37.5 Å². The van der Waals surface area contributed by atoms with E-state index >= 15 is 0 Å². The second kappa shape index (κ2) is 4.09. The third-order valence-electron chi connectivity index (χ3n) is 3.89. The van der Waals surface area contributed by atoms with Crippen LogP contribution in [0.5, 0.6) is 0 Å². The van der Waals surface area contributed by atoms with Gasteiger partial charge in [-0.3, -0.25) is 0 Å². The van der Waals surface area contributed by atoms with Gasteiger partial charge in [-0.1, -0.05) is 12.1 Å². The summed E-state index contributed by atoms with van der Waals surface area (Å²) in [6.45, 7) is 1.70. The first kappa shape index (κ1) is 13.1. The van der Waals surface area contributed by atoms with Gasteiger partial charge in [0.05, 0.1) is 10.8 Å². The molecule has 0 radical (unpaired) electrons. The third kappa shape index (κ3) is 2.14. The molecular weight excluding hydrogens is 252 g/mol. The lowest BCUT2D eigenvalue weighted by Gasteiger charge is -2.22. The van der Waals surface area contributed by atoms with Gasteiger partial charge in [-0.15, -0.1) is 0 Å². The Labute approximate surface area is 107 Å². The molecule has 0 bridgehead atoms. The predicted octanol–water partition coefficient (Wildman–Crippen LogP) is 1.85. The van der Waals surface area contributed by atoms with Gasteiger partial charge in [0.1, 0.15) is 0 Å². The van der Waals surface area contributed by atoms with Crippen molar-refractivity contribution in [3.05, 3.63) is 35.4 Å². The molecule has 0 heterocycles. The highest BCUT2D eigenvalue weighted by atomic mass is 32.2. The van der Waals surface area contributed by atoms with E-state index in [0.717, 1.165) is 18.4 Å². The molecule has 1 aliphatic carbocycles. The monoisotopic (exact) mass is 268 g/mol. The summed E-state index contributed by atoms with van der Waals surface area (Å²) in [5.74, 6) is -0.986. The van der Waals surface area contributed by atoms with E-state index in [0.29, 0.717) is 0 Å². The normalized spacial score (nSPS) is 19.2. The molecule has 98 valence electrons. The van der Waals surface area contributed by atoms with Gasteiger partial charge < -0.3 is 5.11 Å². The number of aromatic carboxylic acids is 1. The van der Waals surface area contributed by atoms with Crippen molar-refractivity contribution in [2.24, 2.45) is 0 Å². The molecule has 1 unspecified atom stereocenters. The summed E-state index contributed by atoms with van der Waals surface area (Å²) in [4.78, 5) is 10.9. The second-order valence-electron chi connectivity index (χ2n) is 5.01. The highest BCUT2D eigenvalue weighted by Crippen LogP contribution is 2.53. The quantitative estimate of drug-likeness (QED) is 0.904. The zero-order valence-corrected chi connectivity index (χ0v) is 11.2. The Kier molecular flexibility index (Phi) is 2.97.